The van der Waals surface area contributed by atoms with Gasteiger partial charge in [0, 0.05) is 30.8 Å². The summed E-state index contributed by atoms with van der Waals surface area (Å²) in [4.78, 5) is 2.49. The summed E-state index contributed by atoms with van der Waals surface area (Å²) in [6.45, 7) is 1.36. The minimum absolute atomic E-state index is 0.0283. The topological polar surface area (TPSA) is 88.1 Å². The molecule has 0 spiro atoms. The summed E-state index contributed by atoms with van der Waals surface area (Å²) in [5.41, 5.74) is 4.25. The van der Waals surface area contributed by atoms with E-state index >= 15 is 0 Å². The Labute approximate surface area is 281 Å². The summed E-state index contributed by atoms with van der Waals surface area (Å²) >= 11 is 0. The number of fused-ring (bicyclic) bond motifs is 2. The molecule has 6 aromatic rings. The number of anilines is 1. The van der Waals surface area contributed by atoms with Crippen molar-refractivity contribution in [1.29, 1.82) is 0 Å². The van der Waals surface area contributed by atoms with Crippen LogP contribution in [0.4, 0.5) is 5.69 Å². The molecular weight excluding hydrogens is 621 g/mol. The lowest BCUT2D eigenvalue weighted by Gasteiger charge is -2.38. The second kappa shape index (κ2) is 13.9. The number of ether oxygens (including phenoxy) is 2. The summed E-state index contributed by atoms with van der Waals surface area (Å²) in [5.74, 6) is 0. The largest absolute Gasteiger partial charge is 0.392 e. The first-order valence-corrected chi connectivity index (χ1v) is 17.6. The fourth-order valence-corrected chi connectivity index (χ4v) is 7.63. The molecule has 1 aliphatic rings. The van der Waals surface area contributed by atoms with Gasteiger partial charge in [0.25, 0.3) is 10.0 Å². The third-order valence-corrected chi connectivity index (χ3v) is 10.3. The second-order valence-corrected chi connectivity index (χ2v) is 14.1. The summed E-state index contributed by atoms with van der Waals surface area (Å²) in [6.07, 6.45) is -0.532. The van der Waals surface area contributed by atoms with Crippen LogP contribution in [-0.2, 0) is 32.6 Å². The third-order valence-electron chi connectivity index (χ3n) is 8.91. The fourth-order valence-electron chi connectivity index (χ4n) is 6.56. The number of hydrogen-bond acceptors (Lipinski definition) is 6. The van der Waals surface area contributed by atoms with Gasteiger partial charge in [-0.1, -0.05) is 103 Å². The number of rotatable bonds is 10. The molecule has 0 amide bonds. The Balaban J connectivity index is 1.16. The number of nitrogens with one attached hydrogen (secondary N) is 1. The predicted octanol–water partition coefficient (Wildman–Crippen LogP) is 7.96. The van der Waals surface area contributed by atoms with E-state index in [0.717, 1.165) is 17.7 Å². The first-order valence-electron chi connectivity index (χ1n) is 16.1. The first-order chi connectivity index (χ1) is 23.4. The average Bonchev–Trinajstić information content (AvgIpc) is 3.11. The number of likely N-dealkylation sites (N-methyl/N-ethyl adjacent to an activating group) is 1. The third kappa shape index (κ3) is 6.99. The van der Waals surface area contributed by atoms with E-state index in [-0.39, 0.29) is 23.7 Å². The lowest BCUT2D eigenvalue weighted by Crippen LogP contribution is -2.37. The van der Waals surface area contributed by atoms with Crippen molar-refractivity contribution in [2.24, 2.45) is 0 Å². The van der Waals surface area contributed by atoms with Crippen molar-refractivity contribution in [3.63, 3.8) is 0 Å². The molecule has 2 N–H and O–H groups in total. The molecule has 1 unspecified atom stereocenters. The molecule has 0 bridgehead atoms. The van der Waals surface area contributed by atoms with Crippen molar-refractivity contribution < 1.29 is 23.0 Å². The molecular formula is C40H38N2O5S. The minimum Gasteiger partial charge on any atom is -0.392 e. The van der Waals surface area contributed by atoms with Gasteiger partial charge in [-0.05, 0) is 75.6 Å². The van der Waals surface area contributed by atoms with Crippen LogP contribution < -0.4 is 4.72 Å². The maximum atomic E-state index is 13.1. The van der Waals surface area contributed by atoms with Gasteiger partial charge < -0.3 is 14.6 Å². The zero-order valence-corrected chi connectivity index (χ0v) is 27.5. The maximum absolute atomic E-state index is 13.1. The van der Waals surface area contributed by atoms with Gasteiger partial charge in [-0.3, -0.25) is 9.62 Å². The average molecular weight is 659 g/mol. The molecule has 7 rings (SSSR count). The molecule has 3 atom stereocenters. The van der Waals surface area contributed by atoms with Crippen LogP contribution in [0.1, 0.15) is 41.1 Å². The van der Waals surface area contributed by atoms with Gasteiger partial charge in [0.05, 0.1) is 23.7 Å². The van der Waals surface area contributed by atoms with Crippen LogP contribution in [0, 0.1) is 0 Å². The van der Waals surface area contributed by atoms with E-state index in [1.165, 1.54) is 27.1 Å². The summed E-state index contributed by atoms with van der Waals surface area (Å²) in [7, 11) is -1.65. The van der Waals surface area contributed by atoms with Gasteiger partial charge in [-0.25, -0.2) is 8.42 Å². The van der Waals surface area contributed by atoms with Gasteiger partial charge in [0.1, 0.15) is 0 Å². The molecule has 6 aromatic carbocycles. The normalized spacial score (nSPS) is 18.4. The molecule has 1 fully saturated rings. The molecule has 0 aliphatic carbocycles. The number of hydrogen-bond donors (Lipinski definition) is 2. The molecule has 0 saturated carbocycles. The summed E-state index contributed by atoms with van der Waals surface area (Å²) in [6, 6.07) is 42.6. The Kier molecular flexibility index (Phi) is 9.26. The van der Waals surface area contributed by atoms with E-state index in [4.69, 9.17) is 9.47 Å². The molecule has 1 heterocycles. The van der Waals surface area contributed by atoms with Gasteiger partial charge in [-0.2, -0.15) is 0 Å². The second-order valence-electron chi connectivity index (χ2n) is 12.4. The minimum atomic E-state index is -3.77. The van der Waals surface area contributed by atoms with Crippen LogP contribution >= 0.6 is 0 Å². The highest BCUT2D eigenvalue weighted by atomic mass is 32.2. The molecule has 244 valence electrons. The van der Waals surface area contributed by atoms with Crippen LogP contribution in [0.5, 0.6) is 0 Å². The number of aliphatic hydroxyl groups excluding tert-OH is 1. The molecule has 1 aliphatic heterocycles. The smallest absolute Gasteiger partial charge is 0.261 e. The zero-order chi connectivity index (χ0) is 33.1. The van der Waals surface area contributed by atoms with Gasteiger partial charge in [0.15, 0.2) is 6.29 Å². The van der Waals surface area contributed by atoms with E-state index in [1.54, 1.807) is 48.5 Å². The Bertz CT molecular complexity index is 2080. The summed E-state index contributed by atoms with van der Waals surface area (Å²) in [5, 5.41) is 14.5. The van der Waals surface area contributed by atoms with Crippen molar-refractivity contribution >= 4 is 37.3 Å². The van der Waals surface area contributed by atoms with Crippen molar-refractivity contribution in [1.82, 2.24) is 4.90 Å². The van der Waals surface area contributed by atoms with Crippen molar-refractivity contribution in [2.45, 2.75) is 43.0 Å². The standard InChI is InChI=1S/C40H38N2O5S/c1-42(26-38-36-16-7-5-10-30(36)22-31-11-6-8-17-37(31)38)25-34-24-39(29-20-18-28(27-43)19-21-29)47-40(46-34)32-12-9-13-33(23-32)41-48(44,45)35-14-3-2-4-15-35/h2-23,34,39-41,43H,24-27H2,1H3/t34-,39+,40?/m0/s1. The Hall–Kier alpha value is -4.57. The maximum Gasteiger partial charge on any atom is 0.261 e. The van der Waals surface area contributed by atoms with E-state index < -0.39 is 16.3 Å². The van der Waals surface area contributed by atoms with Gasteiger partial charge in [-0.15, -0.1) is 0 Å². The molecule has 7 nitrogen and oxygen atoms in total. The highest BCUT2D eigenvalue weighted by molar-refractivity contribution is 7.92. The Morgan fingerprint density at radius 1 is 0.750 bits per heavy atom. The predicted molar refractivity (Wildman–Crippen MR) is 190 cm³/mol. The monoisotopic (exact) mass is 658 g/mol. The number of aliphatic hydroxyl groups is 1. The van der Waals surface area contributed by atoms with Gasteiger partial charge in [0.2, 0.25) is 0 Å². The number of sulfonamides is 1. The number of benzene rings is 6. The van der Waals surface area contributed by atoms with Gasteiger partial charge >= 0.3 is 0 Å². The van der Waals surface area contributed by atoms with E-state index in [2.05, 4.69) is 71.3 Å². The van der Waals surface area contributed by atoms with Crippen LogP contribution in [0.25, 0.3) is 21.5 Å². The zero-order valence-electron chi connectivity index (χ0n) is 26.7. The van der Waals surface area contributed by atoms with Crippen LogP contribution in [0.3, 0.4) is 0 Å². The first kappa shape index (κ1) is 32.0. The van der Waals surface area contributed by atoms with Crippen LogP contribution in [-0.4, -0.2) is 38.1 Å². The summed E-state index contributed by atoms with van der Waals surface area (Å²) < 4.78 is 42.0. The SMILES string of the molecule is CN(Cc1c2ccccc2cc2ccccc12)C[C@@H]1C[C@H](c2ccc(CO)cc2)OC(c2cccc(NS(=O)(=O)c3ccccc3)c2)O1. The molecule has 48 heavy (non-hydrogen) atoms. The Morgan fingerprint density at radius 2 is 1.42 bits per heavy atom. The highest BCUT2D eigenvalue weighted by Gasteiger charge is 2.33. The fraction of sp³-hybridized carbons (Fsp3) is 0.200. The molecule has 1 saturated heterocycles. The lowest BCUT2D eigenvalue weighted by molar-refractivity contribution is -0.252. The Morgan fingerprint density at radius 3 is 2.10 bits per heavy atom. The van der Waals surface area contributed by atoms with Crippen LogP contribution in [0.2, 0.25) is 0 Å². The van der Waals surface area contributed by atoms with Crippen molar-refractivity contribution in [3.8, 4) is 0 Å². The van der Waals surface area contributed by atoms with E-state index in [1.807, 2.05) is 30.3 Å². The molecule has 8 heteroatoms. The van der Waals surface area contributed by atoms with E-state index in [9.17, 15) is 13.5 Å². The lowest BCUT2D eigenvalue weighted by atomic mass is 9.96. The molecule has 0 aromatic heterocycles. The molecule has 0 radical (unpaired) electrons. The van der Waals surface area contributed by atoms with Crippen LogP contribution in [0.15, 0.2) is 138 Å². The number of nitrogens with zero attached hydrogens (tertiary/aromatic N) is 1. The van der Waals surface area contributed by atoms with E-state index in [0.29, 0.717) is 24.2 Å². The highest BCUT2D eigenvalue weighted by Crippen LogP contribution is 2.39. The quantitative estimate of drug-likeness (QED) is 0.145. The van der Waals surface area contributed by atoms with Crippen molar-refractivity contribution in [2.75, 3.05) is 18.3 Å². The van der Waals surface area contributed by atoms with Crippen molar-refractivity contribution in [3.05, 3.63) is 156 Å².